The van der Waals surface area contributed by atoms with Crippen LogP contribution >= 0.6 is 0 Å². The molecule has 1 aliphatic rings. The molecule has 0 aliphatic carbocycles. The summed E-state index contributed by atoms with van der Waals surface area (Å²) in [5.74, 6) is 1.16. The Balaban J connectivity index is 1.75. The topological polar surface area (TPSA) is 80.7 Å². The molecule has 0 amide bonds. The Morgan fingerprint density at radius 3 is 2.11 bits per heavy atom. The van der Waals surface area contributed by atoms with Gasteiger partial charge in [0.1, 0.15) is 0 Å². The van der Waals surface area contributed by atoms with E-state index in [4.69, 9.17) is 4.42 Å². The van der Waals surface area contributed by atoms with Gasteiger partial charge in [0.15, 0.2) is 6.54 Å². The number of aryl methyl sites for hydroxylation is 3. The summed E-state index contributed by atoms with van der Waals surface area (Å²) in [6.07, 6.45) is 0. The fraction of sp³-hybridized carbons (Fsp3) is 0.600. The van der Waals surface area contributed by atoms with E-state index in [-0.39, 0.29) is 5.41 Å². The van der Waals surface area contributed by atoms with Gasteiger partial charge in [0.25, 0.3) is 5.89 Å². The van der Waals surface area contributed by atoms with Crippen molar-refractivity contribution in [3.05, 3.63) is 40.6 Å². The van der Waals surface area contributed by atoms with Crippen LogP contribution in [-0.4, -0.2) is 49.1 Å². The number of aromatic nitrogens is 2. The van der Waals surface area contributed by atoms with Crippen molar-refractivity contribution in [2.24, 2.45) is 0 Å². The molecule has 154 valence electrons. The predicted molar refractivity (Wildman–Crippen MR) is 107 cm³/mol. The molecule has 0 radical (unpaired) electrons. The van der Waals surface area contributed by atoms with Crippen LogP contribution in [0.15, 0.2) is 21.4 Å². The molecule has 1 aliphatic heterocycles. The molecule has 1 N–H and O–H groups in total. The number of hydrogen-bond donors (Lipinski definition) is 1. The zero-order valence-electron chi connectivity index (χ0n) is 17.7. The first-order chi connectivity index (χ1) is 13.0. The highest BCUT2D eigenvalue weighted by molar-refractivity contribution is 7.89. The van der Waals surface area contributed by atoms with Gasteiger partial charge in [0.2, 0.25) is 15.9 Å². The van der Waals surface area contributed by atoms with Crippen LogP contribution in [0.5, 0.6) is 0 Å². The lowest BCUT2D eigenvalue weighted by atomic mass is 9.85. The summed E-state index contributed by atoms with van der Waals surface area (Å²) in [6, 6.07) is 4.03. The molecule has 2 heterocycles. The third kappa shape index (κ3) is 4.29. The molecule has 2 aromatic rings. The van der Waals surface area contributed by atoms with Crippen molar-refractivity contribution in [3.63, 3.8) is 0 Å². The number of quaternary nitrogens is 1. The Kier molecular flexibility index (Phi) is 5.67. The Morgan fingerprint density at radius 2 is 1.64 bits per heavy atom. The van der Waals surface area contributed by atoms with Crippen molar-refractivity contribution in [2.45, 2.75) is 58.4 Å². The summed E-state index contributed by atoms with van der Waals surface area (Å²) in [4.78, 5) is 1.71. The summed E-state index contributed by atoms with van der Waals surface area (Å²) < 4.78 is 33.7. The van der Waals surface area contributed by atoms with Crippen LogP contribution in [0.3, 0.4) is 0 Å². The molecule has 0 saturated carbocycles. The van der Waals surface area contributed by atoms with Crippen molar-refractivity contribution in [2.75, 3.05) is 26.2 Å². The number of sulfonamides is 1. The number of piperazine rings is 1. The van der Waals surface area contributed by atoms with Crippen molar-refractivity contribution in [3.8, 4) is 0 Å². The maximum Gasteiger partial charge on any atom is 0.271 e. The fourth-order valence-corrected chi connectivity index (χ4v) is 5.61. The van der Waals surface area contributed by atoms with Gasteiger partial charge in [0, 0.05) is 6.92 Å². The van der Waals surface area contributed by atoms with E-state index in [0.717, 1.165) is 29.8 Å². The van der Waals surface area contributed by atoms with E-state index >= 15 is 0 Å². The first-order valence-corrected chi connectivity index (χ1v) is 11.2. The third-order valence-electron chi connectivity index (χ3n) is 5.32. The van der Waals surface area contributed by atoms with Crippen LogP contribution in [0.4, 0.5) is 0 Å². The summed E-state index contributed by atoms with van der Waals surface area (Å²) in [5.41, 5.74) is 2.78. The molecule has 28 heavy (non-hydrogen) atoms. The Bertz CT molecular complexity index is 929. The predicted octanol–water partition coefficient (Wildman–Crippen LogP) is 1.38. The molecule has 1 fully saturated rings. The maximum atomic E-state index is 13.3. The quantitative estimate of drug-likeness (QED) is 0.828. The zero-order valence-corrected chi connectivity index (χ0v) is 18.5. The SMILES string of the molecule is Cc1nnc(C[NH+]2CCN(S(=O)(=O)c3c(C)cc(C(C)(C)C)cc3C)CC2)o1. The minimum absolute atomic E-state index is 0.0140. The minimum Gasteiger partial charge on any atom is -0.420 e. The van der Waals surface area contributed by atoms with Gasteiger partial charge in [-0.3, -0.25) is 0 Å². The smallest absolute Gasteiger partial charge is 0.271 e. The van der Waals surface area contributed by atoms with Crippen LogP contribution in [0.2, 0.25) is 0 Å². The van der Waals surface area contributed by atoms with Crippen molar-refractivity contribution < 1.29 is 17.7 Å². The maximum absolute atomic E-state index is 13.3. The number of benzene rings is 1. The summed E-state index contributed by atoms with van der Waals surface area (Å²) >= 11 is 0. The number of nitrogens with one attached hydrogen (secondary N) is 1. The zero-order chi connectivity index (χ0) is 20.7. The van der Waals surface area contributed by atoms with Crippen LogP contribution in [-0.2, 0) is 22.0 Å². The minimum atomic E-state index is -3.51. The van der Waals surface area contributed by atoms with Gasteiger partial charge in [-0.15, -0.1) is 10.2 Å². The van der Waals surface area contributed by atoms with E-state index in [9.17, 15) is 8.42 Å². The van der Waals surface area contributed by atoms with E-state index < -0.39 is 10.0 Å². The highest BCUT2D eigenvalue weighted by Gasteiger charge is 2.33. The normalized spacial score (nSPS) is 17.2. The van der Waals surface area contributed by atoms with Crippen LogP contribution in [0.25, 0.3) is 0 Å². The summed E-state index contributed by atoms with van der Waals surface area (Å²) in [7, 11) is -3.51. The van der Waals surface area contributed by atoms with E-state index in [1.807, 2.05) is 26.0 Å². The molecule has 1 aromatic carbocycles. The van der Waals surface area contributed by atoms with Gasteiger partial charge in [-0.25, -0.2) is 8.42 Å². The van der Waals surface area contributed by atoms with Crippen LogP contribution < -0.4 is 4.90 Å². The molecule has 0 bridgehead atoms. The Morgan fingerprint density at radius 1 is 1.07 bits per heavy atom. The largest absolute Gasteiger partial charge is 0.420 e. The van der Waals surface area contributed by atoms with Gasteiger partial charge >= 0.3 is 0 Å². The van der Waals surface area contributed by atoms with Crippen LogP contribution in [0.1, 0.15) is 49.2 Å². The molecule has 0 atom stereocenters. The second kappa shape index (κ2) is 7.57. The highest BCUT2D eigenvalue weighted by Crippen LogP contribution is 2.30. The van der Waals surface area contributed by atoms with Crippen molar-refractivity contribution in [1.29, 1.82) is 0 Å². The van der Waals surface area contributed by atoms with E-state index in [1.165, 1.54) is 4.90 Å². The Hall–Kier alpha value is -1.77. The average Bonchev–Trinajstić information content (AvgIpc) is 2.98. The lowest BCUT2D eigenvalue weighted by molar-refractivity contribution is -0.918. The monoisotopic (exact) mass is 407 g/mol. The Labute approximate surface area is 167 Å². The van der Waals surface area contributed by atoms with E-state index in [2.05, 4.69) is 31.0 Å². The molecule has 8 heteroatoms. The lowest BCUT2D eigenvalue weighted by Crippen LogP contribution is -3.13. The summed E-state index contributed by atoms with van der Waals surface area (Å²) in [6.45, 7) is 15.0. The molecule has 0 spiro atoms. The van der Waals surface area contributed by atoms with Crippen molar-refractivity contribution in [1.82, 2.24) is 14.5 Å². The second-order valence-corrected chi connectivity index (χ2v) is 10.6. The van der Waals surface area contributed by atoms with E-state index in [0.29, 0.717) is 36.3 Å². The van der Waals surface area contributed by atoms with Crippen LogP contribution in [0, 0.1) is 20.8 Å². The molecule has 1 saturated heterocycles. The number of hydrogen-bond acceptors (Lipinski definition) is 5. The van der Waals surface area contributed by atoms with E-state index in [1.54, 1.807) is 11.2 Å². The first-order valence-electron chi connectivity index (χ1n) is 9.73. The van der Waals surface area contributed by atoms with Gasteiger partial charge in [0.05, 0.1) is 31.1 Å². The molecule has 1 aromatic heterocycles. The van der Waals surface area contributed by atoms with Gasteiger partial charge in [-0.2, -0.15) is 4.31 Å². The van der Waals surface area contributed by atoms with Gasteiger partial charge in [-0.05, 0) is 36.0 Å². The molecule has 0 unspecified atom stereocenters. The summed E-state index contributed by atoms with van der Waals surface area (Å²) in [5, 5.41) is 7.89. The number of nitrogens with zero attached hydrogens (tertiary/aromatic N) is 3. The molecule has 3 rings (SSSR count). The molecule has 7 nitrogen and oxygen atoms in total. The fourth-order valence-electron chi connectivity index (χ4n) is 3.76. The average molecular weight is 408 g/mol. The van der Waals surface area contributed by atoms with Gasteiger partial charge in [-0.1, -0.05) is 32.9 Å². The van der Waals surface area contributed by atoms with Gasteiger partial charge < -0.3 is 9.32 Å². The molecular formula is C20H31N4O3S+. The highest BCUT2D eigenvalue weighted by atomic mass is 32.2. The third-order valence-corrected chi connectivity index (χ3v) is 7.53. The first kappa shape index (κ1) is 21.0. The standard InChI is InChI=1S/C20H30N4O3S/c1-14-11-17(20(4,5)6)12-15(2)19(14)28(25,26)24-9-7-23(8-10-24)13-18-22-21-16(3)27-18/h11-12H,7-10,13H2,1-6H3/p+1. The molecular weight excluding hydrogens is 376 g/mol. The van der Waals surface area contributed by atoms with Crippen molar-refractivity contribution >= 4 is 10.0 Å². The lowest BCUT2D eigenvalue weighted by Gasteiger charge is -2.32. The second-order valence-electron chi connectivity index (χ2n) is 8.73. The number of rotatable bonds is 4.